The maximum atomic E-state index is 13.7. The molecule has 0 atom stereocenters. The fraction of sp³-hybridized carbons (Fsp3) is 0.500. The number of thioether (sulfide) groups is 1. The van der Waals surface area contributed by atoms with E-state index in [1.165, 1.54) is 12.2 Å². The van der Waals surface area contributed by atoms with Crippen molar-refractivity contribution in [2.24, 2.45) is 0 Å². The van der Waals surface area contributed by atoms with E-state index in [1.54, 1.807) is 6.07 Å². The average molecular weight is 240 g/mol. The quantitative estimate of drug-likeness (QED) is 0.805. The molecule has 88 valence electrons. The van der Waals surface area contributed by atoms with Gasteiger partial charge in [-0.05, 0) is 24.8 Å². The summed E-state index contributed by atoms with van der Waals surface area (Å²) in [5, 5.41) is 0. The summed E-state index contributed by atoms with van der Waals surface area (Å²) in [5.41, 5.74) is 6.53. The highest BCUT2D eigenvalue weighted by atomic mass is 32.2. The number of hydrogen-bond donors (Lipinski definition) is 1. The highest BCUT2D eigenvalue weighted by molar-refractivity contribution is 7.99. The minimum atomic E-state index is -0.251. The van der Waals surface area contributed by atoms with Gasteiger partial charge in [0.2, 0.25) is 0 Å². The summed E-state index contributed by atoms with van der Waals surface area (Å²) >= 11 is 1.98. The number of nitrogens with zero attached hydrogens (tertiary/aromatic N) is 1. The topological polar surface area (TPSA) is 29.3 Å². The molecule has 1 aliphatic rings. The van der Waals surface area contributed by atoms with Crippen LogP contribution in [0.15, 0.2) is 18.2 Å². The number of anilines is 1. The maximum absolute atomic E-state index is 13.7. The van der Waals surface area contributed by atoms with E-state index in [9.17, 15) is 4.39 Å². The molecule has 1 aromatic rings. The fourth-order valence-electron chi connectivity index (χ4n) is 1.92. The molecule has 2 nitrogen and oxygen atoms in total. The highest BCUT2D eigenvalue weighted by Crippen LogP contribution is 2.18. The molecule has 0 amide bonds. The van der Waals surface area contributed by atoms with Crippen molar-refractivity contribution in [1.29, 1.82) is 0 Å². The van der Waals surface area contributed by atoms with Gasteiger partial charge in [-0.3, -0.25) is 4.90 Å². The predicted molar refractivity (Wildman–Crippen MR) is 68.0 cm³/mol. The first kappa shape index (κ1) is 11.7. The Bertz CT molecular complexity index is 349. The van der Waals surface area contributed by atoms with Crippen molar-refractivity contribution >= 4 is 17.4 Å². The zero-order valence-corrected chi connectivity index (χ0v) is 10.1. The smallest absolute Gasteiger partial charge is 0.150 e. The zero-order chi connectivity index (χ0) is 11.4. The summed E-state index contributed by atoms with van der Waals surface area (Å²) in [6.45, 7) is 2.78. The summed E-state index contributed by atoms with van der Waals surface area (Å²) in [6.07, 6.45) is 1.19. The Balaban J connectivity index is 2.04. The molecule has 1 aliphatic heterocycles. The van der Waals surface area contributed by atoms with Crippen molar-refractivity contribution in [3.8, 4) is 0 Å². The molecule has 0 bridgehead atoms. The Labute approximate surface area is 100 Å². The van der Waals surface area contributed by atoms with Gasteiger partial charge in [-0.2, -0.15) is 11.8 Å². The molecule has 0 unspecified atom stereocenters. The first-order chi connectivity index (χ1) is 7.77. The van der Waals surface area contributed by atoms with Crippen LogP contribution in [0.3, 0.4) is 0 Å². The van der Waals surface area contributed by atoms with Crippen LogP contribution in [0.5, 0.6) is 0 Å². The van der Waals surface area contributed by atoms with Crippen LogP contribution in [-0.2, 0) is 6.54 Å². The SMILES string of the molecule is Nc1cccc(CN2CCCSCC2)c1F. The van der Waals surface area contributed by atoms with Crippen molar-refractivity contribution in [3.63, 3.8) is 0 Å². The third kappa shape index (κ3) is 2.89. The summed E-state index contributed by atoms with van der Waals surface area (Å²) in [4.78, 5) is 2.30. The molecule has 0 aliphatic carbocycles. The average Bonchev–Trinajstić information content (AvgIpc) is 2.53. The molecule has 0 saturated carbocycles. The monoisotopic (exact) mass is 240 g/mol. The number of halogens is 1. The van der Waals surface area contributed by atoms with E-state index < -0.39 is 0 Å². The summed E-state index contributed by atoms with van der Waals surface area (Å²) in [7, 11) is 0. The lowest BCUT2D eigenvalue weighted by Crippen LogP contribution is -2.26. The van der Waals surface area contributed by atoms with Crippen molar-refractivity contribution in [1.82, 2.24) is 4.90 Å². The van der Waals surface area contributed by atoms with Crippen LogP contribution >= 0.6 is 11.8 Å². The molecule has 0 spiro atoms. The predicted octanol–water partition coefficient (Wildman–Crippen LogP) is 2.35. The molecular weight excluding hydrogens is 223 g/mol. The van der Waals surface area contributed by atoms with E-state index >= 15 is 0 Å². The molecule has 16 heavy (non-hydrogen) atoms. The molecule has 1 aromatic carbocycles. The molecule has 1 heterocycles. The van der Waals surface area contributed by atoms with Gasteiger partial charge in [-0.15, -0.1) is 0 Å². The highest BCUT2D eigenvalue weighted by Gasteiger charge is 2.12. The van der Waals surface area contributed by atoms with Gasteiger partial charge in [-0.1, -0.05) is 12.1 Å². The molecule has 2 rings (SSSR count). The Morgan fingerprint density at radius 2 is 2.19 bits per heavy atom. The van der Waals surface area contributed by atoms with E-state index in [4.69, 9.17) is 5.73 Å². The maximum Gasteiger partial charge on any atom is 0.150 e. The lowest BCUT2D eigenvalue weighted by atomic mass is 10.1. The summed E-state index contributed by atoms with van der Waals surface area (Å²) in [5.74, 6) is 2.11. The van der Waals surface area contributed by atoms with Crippen LogP contribution in [0.2, 0.25) is 0 Å². The van der Waals surface area contributed by atoms with Gasteiger partial charge in [0.25, 0.3) is 0 Å². The van der Waals surface area contributed by atoms with E-state index in [0.29, 0.717) is 12.1 Å². The van der Waals surface area contributed by atoms with E-state index in [0.717, 1.165) is 18.8 Å². The van der Waals surface area contributed by atoms with Gasteiger partial charge in [0.15, 0.2) is 5.82 Å². The van der Waals surface area contributed by atoms with Crippen LogP contribution in [-0.4, -0.2) is 29.5 Å². The molecule has 2 N–H and O–H groups in total. The van der Waals surface area contributed by atoms with Crippen molar-refractivity contribution in [2.75, 3.05) is 30.3 Å². The van der Waals surface area contributed by atoms with E-state index in [1.807, 2.05) is 23.9 Å². The second-order valence-corrected chi connectivity index (χ2v) is 5.29. The van der Waals surface area contributed by atoms with Crippen molar-refractivity contribution in [3.05, 3.63) is 29.6 Å². The second-order valence-electron chi connectivity index (χ2n) is 4.06. The number of nitrogens with two attached hydrogens (primary N) is 1. The summed E-state index contributed by atoms with van der Waals surface area (Å²) in [6, 6.07) is 5.25. The van der Waals surface area contributed by atoms with Gasteiger partial charge in [0, 0.05) is 24.4 Å². The Hall–Kier alpha value is -0.740. The minimum absolute atomic E-state index is 0.251. The number of nitrogen functional groups attached to an aromatic ring is 1. The van der Waals surface area contributed by atoms with Crippen LogP contribution in [0, 0.1) is 5.82 Å². The molecule has 0 radical (unpaired) electrons. The van der Waals surface area contributed by atoms with Gasteiger partial charge in [0.1, 0.15) is 0 Å². The summed E-state index contributed by atoms with van der Waals surface area (Å²) < 4.78 is 13.7. The van der Waals surface area contributed by atoms with E-state index in [2.05, 4.69) is 4.90 Å². The normalized spacial score (nSPS) is 18.3. The first-order valence-corrected chi connectivity index (χ1v) is 6.76. The van der Waals surface area contributed by atoms with Gasteiger partial charge in [-0.25, -0.2) is 4.39 Å². The lowest BCUT2D eigenvalue weighted by Gasteiger charge is -2.19. The molecule has 1 fully saturated rings. The second kappa shape index (κ2) is 5.55. The van der Waals surface area contributed by atoms with Gasteiger partial charge in [0.05, 0.1) is 5.69 Å². The largest absolute Gasteiger partial charge is 0.396 e. The standard InChI is InChI=1S/C12H17FN2S/c13-12-10(3-1-4-11(12)14)9-15-5-2-7-16-8-6-15/h1,3-4H,2,5-9,14H2. The molecule has 0 aromatic heterocycles. The Morgan fingerprint density at radius 3 is 3.06 bits per heavy atom. The first-order valence-electron chi connectivity index (χ1n) is 5.60. The third-order valence-electron chi connectivity index (χ3n) is 2.82. The fourth-order valence-corrected chi connectivity index (χ4v) is 2.84. The van der Waals surface area contributed by atoms with E-state index in [-0.39, 0.29) is 11.5 Å². The Morgan fingerprint density at radius 1 is 1.31 bits per heavy atom. The van der Waals surface area contributed by atoms with Crippen molar-refractivity contribution in [2.45, 2.75) is 13.0 Å². The zero-order valence-electron chi connectivity index (χ0n) is 9.29. The Kier molecular flexibility index (Phi) is 4.07. The minimum Gasteiger partial charge on any atom is -0.396 e. The van der Waals surface area contributed by atoms with Crippen LogP contribution in [0.4, 0.5) is 10.1 Å². The van der Waals surface area contributed by atoms with Gasteiger partial charge >= 0.3 is 0 Å². The van der Waals surface area contributed by atoms with Crippen molar-refractivity contribution < 1.29 is 4.39 Å². The number of benzene rings is 1. The molecule has 1 saturated heterocycles. The lowest BCUT2D eigenvalue weighted by molar-refractivity contribution is 0.283. The molecular formula is C12H17FN2S. The number of rotatable bonds is 2. The van der Waals surface area contributed by atoms with Crippen LogP contribution in [0.1, 0.15) is 12.0 Å². The van der Waals surface area contributed by atoms with Crippen LogP contribution < -0.4 is 5.73 Å². The van der Waals surface area contributed by atoms with Gasteiger partial charge < -0.3 is 5.73 Å². The van der Waals surface area contributed by atoms with Crippen LogP contribution in [0.25, 0.3) is 0 Å². The third-order valence-corrected chi connectivity index (χ3v) is 3.87. The molecule has 4 heteroatoms. The number of hydrogen-bond acceptors (Lipinski definition) is 3.